The average molecular weight is 341 g/mol. The highest BCUT2D eigenvalue weighted by molar-refractivity contribution is 7.14. The van der Waals surface area contributed by atoms with E-state index in [0.29, 0.717) is 23.3 Å². The van der Waals surface area contributed by atoms with E-state index in [-0.39, 0.29) is 5.91 Å². The van der Waals surface area contributed by atoms with Crippen LogP contribution in [0.25, 0.3) is 0 Å². The lowest BCUT2D eigenvalue weighted by molar-refractivity contribution is 0.0946. The number of ether oxygens (including phenoxy) is 1. The number of carbonyl (C=O) groups excluding carboxylic acids is 1. The quantitative estimate of drug-likeness (QED) is 0.716. The van der Waals surface area contributed by atoms with Crippen molar-refractivity contribution < 1.29 is 9.53 Å². The number of benzene rings is 1. The maximum atomic E-state index is 12.2. The molecule has 2 heterocycles. The molecule has 0 bridgehead atoms. The highest BCUT2D eigenvalue weighted by Crippen LogP contribution is 2.18. The van der Waals surface area contributed by atoms with E-state index < -0.39 is 0 Å². The van der Waals surface area contributed by atoms with Gasteiger partial charge < -0.3 is 15.4 Å². The van der Waals surface area contributed by atoms with Gasteiger partial charge in [0, 0.05) is 24.3 Å². The minimum Gasteiger partial charge on any atom is -0.497 e. The minimum absolute atomic E-state index is 0.240. The lowest BCUT2D eigenvalue weighted by Crippen LogP contribution is -2.23. The first-order chi connectivity index (χ1) is 11.7. The third kappa shape index (κ3) is 4.05. The number of amides is 1. The number of thiazole rings is 1. The molecule has 122 valence electrons. The predicted octanol–water partition coefficient (Wildman–Crippen LogP) is 2.62. The maximum absolute atomic E-state index is 12.2. The second-order valence-electron chi connectivity index (χ2n) is 4.77. The van der Waals surface area contributed by atoms with Gasteiger partial charge in [-0.3, -0.25) is 4.79 Å². The van der Waals surface area contributed by atoms with Crippen molar-refractivity contribution in [1.82, 2.24) is 20.3 Å². The fourth-order valence-electron chi connectivity index (χ4n) is 1.95. The zero-order valence-electron chi connectivity index (χ0n) is 12.9. The lowest BCUT2D eigenvalue weighted by atomic mass is 10.2. The Balaban J connectivity index is 1.59. The molecule has 8 heteroatoms. The summed E-state index contributed by atoms with van der Waals surface area (Å²) in [5.74, 6) is 0.955. The molecule has 0 aliphatic rings. The first-order valence-corrected chi connectivity index (χ1v) is 8.03. The number of aromatic nitrogens is 3. The SMILES string of the molecule is COc1cccc(CNC(=O)c2csc(Nc3ncccn3)n2)c1. The molecule has 24 heavy (non-hydrogen) atoms. The summed E-state index contributed by atoms with van der Waals surface area (Å²) in [5, 5.41) is 8.04. The highest BCUT2D eigenvalue weighted by atomic mass is 32.1. The first kappa shape index (κ1) is 15.9. The minimum atomic E-state index is -0.240. The van der Waals surface area contributed by atoms with Crippen LogP contribution in [0.1, 0.15) is 16.1 Å². The Morgan fingerprint density at radius 2 is 2.08 bits per heavy atom. The van der Waals surface area contributed by atoms with Gasteiger partial charge in [-0.1, -0.05) is 12.1 Å². The Labute approximate surface area is 142 Å². The van der Waals surface area contributed by atoms with Crippen molar-refractivity contribution in [3.8, 4) is 5.75 Å². The predicted molar refractivity (Wildman–Crippen MR) is 91.6 cm³/mol. The largest absolute Gasteiger partial charge is 0.497 e. The topological polar surface area (TPSA) is 89.0 Å². The van der Waals surface area contributed by atoms with Crippen molar-refractivity contribution >= 4 is 28.3 Å². The van der Waals surface area contributed by atoms with Gasteiger partial charge in [-0.25, -0.2) is 15.0 Å². The molecule has 0 saturated heterocycles. The second-order valence-corrected chi connectivity index (χ2v) is 5.63. The highest BCUT2D eigenvalue weighted by Gasteiger charge is 2.11. The van der Waals surface area contributed by atoms with Crippen LogP contribution in [0.15, 0.2) is 48.1 Å². The molecular weight excluding hydrogens is 326 g/mol. The van der Waals surface area contributed by atoms with Crippen LogP contribution in [0.5, 0.6) is 5.75 Å². The summed E-state index contributed by atoms with van der Waals surface area (Å²) in [4.78, 5) is 24.5. The smallest absolute Gasteiger partial charge is 0.271 e. The zero-order chi connectivity index (χ0) is 16.8. The molecule has 0 fully saturated rings. The van der Waals surface area contributed by atoms with Gasteiger partial charge in [0.05, 0.1) is 7.11 Å². The Kier molecular flexibility index (Phi) is 4.97. The van der Waals surface area contributed by atoms with E-state index in [1.807, 2.05) is 24.3 Å². The molecule has 1 aromatic carbocycles. The number of rotatable bonds is 6. The summed E-state index contributed by atoms with van der Waals surface area (Å²) >= 11 is 1.32. The second kappa shape index (κ2) is 7.51. The van der Waals surface area contributed by atoms with Crippen molar-refractivity contribution in [3.63, 3.8) is 0 Å². The first-order valence-electron chi connectivity index (χ1n) is 7.15. The Bertz CT molecular complexity index is 822. The third-order valence-corrected chi connectivity index (χ3v) is 3.87. The fraction of sp³-hybridized carbons (Fsp3) is 0.125. The molecule has 0 radical (unpaired) electrons. The van der Waals surface area contributed by atoms with E-state index in [9.17, 15) is 4.79 Å². The van der Waals surface area contributed by atoms with E-state index in [2.05, 4.69) is 25.6 Å². The summed E-state index contributed by atoms with van der Waals surface area (Å²) in [7, 11) is 1.61. The summed E-state index contributed by atoms with van der Waals surface area (Å²) in [6.45, 7) is 0.401. The fourth-order valence-corrected chi connectivity index (χ4v) is 2.63. The number of nitrogens with one attached hydrogen (secondary N) is 2. The molecule has 2 N–H and O–H groups in total. The Morgan fingerprint density at radius 1 is 1.25 bits per heavy atom. The molecule has 0 unspecified atom stereocenters. The van der Waals surface area contributed by atoms with Crippen LogP contribution in [0.2, 0.25) is 0 Å². The van der Waals surface area contributed by atoms with E-state index >= 15 is 0 Å². The van der Waals surface area contributed by atoms with Crippen molar-refractivity contribution in [2.75, 3.05) is 12.4 Å². The van der Waals surface area contributed by atoms with Crippen LogP contribution in [0.3, 0.4) is 0 Å². The van der Waals surface area contributed by atoms with Gasteiger partial charge in [0.25, 0.3) is 5.91 Å². The molecule has 7 nitrogen and oxygen atoms in total. The monoisotopic (exact) mass is 341 g/mol. The van der Waals surface area contributed by atoms with Crippen LogP contribution >= 0.6 is 11.3 Å². The maximum Gasteiger partial charge on any atom is 0.271 e. The van der Waals surface area contributed by atoms with Gasteiger partial charge in [0.15, 0.2) is 5.13 Å². The van der Waals surface area contributed by atoms with Crippen molar-refractivity contribution in [2.45, 2.75) is 6.54 Å². The number of hydrogen-bond donors (Lipinski definition) is 2. The van der Waals surface area contributed by atoms with Crippen LogP contribution in [-0.4, -0.2) is 28.0 Å². The number of hydrogen-bond acceptors (Lipinski definition) is 7. The Morgan fingerprint density at radius 3 is 2.88 bits per heavy atom. The van der Waals surface area contributed by atoms with E-state index in [0.717, 1.165) is 11.3 Å². The van der Waals surface area contributed by atoms with Gasteiger partial charge >= 0.3 is 0 Å². The number of carbonyl (C=O) groups is 1. The van der Waals surface area contributed by atoms with Gasteiger partial charge in [0.2, 0.25) is 5.95 Å². The molecule has 0 spiro atoms. The average Bonchev–Trinajstić information content (AvgIpc) is 3.09. The van der Waals surface area contributed by atoms with Crippen molar-refractivity contribution in [3.05, 3.63) is 59.4 Å². The van der Waals surface area contributed by atoms with Crippen LogP contribution in [0, 0.1) is 0 Å². The molecule has 0 aliphatic heterocycles. The normalized spacial score (nSPS) is 10.2. The molecule has 0 saturated carbocycles. The van der Waals surface area contributed by atoms with Gasteiger partial charge in [-0.15, -0.1) is 11.3 Å². The van der Waals surface area contributed by atoms with E-state index in [4.69, 9.17) is 4.74 Å². The van der Waals surface area contributed by atoms with E-state index in [1.165, 1.54) is 11.3 Å². The van der Waals surface area contributed by atoms with Crippen LogP contribution < -0.4 is 15.4 Å². The molecule has 0 aliphatic carbocycles. The van der Waals surface area contributed by atoms with Crippen LogP contribution in [-0.2, 0) is 6.54 Å². The number of anilines is 2. The third-order valence-electron chi connectivity index (χ3n) is 3.11. The molecule has 1 amide bonds. The standard InChI is InChI=1S/C16H15N5O2S/c1-23-12-5-2-4-11(8-12)9-19-14(22)13-10-24-16(20-13)21-15-17-6-3-7-18-15/h2-8,10H,9H2,1H3,(H,19,22)(H,17,18,20,21). The molecule has 0 atom stereocenters. The zero-order valence-corrected chi connectivity index (χ0v) is 13.7. The summed E-state index contributed by atoms with van der Waals surface area (Å²) in [6.07, 6.45) is 3.26. The summed E-state index contributed by atoms with van der Waals surface area (Å²) in [5.41, 5.74) is 1.30. The Hall–Kier alpha value is -3.00. The van der Waals surface area contributed by atoms with Gasteiger partial charge in [-0.2, -0.15) is 0 Å². The van der Waals surface area contributed by atoms with Crippen molar-refractivity contribution in [1.29, 1.82) is 0 Å². The lowest BCUT2D eigenvalue weighted by Gasteiger charge is -2.05. The summed E-state index contributed by atoms with van der Waals surface area (Å²) in [6, 6.07) is 9.26. The van der Waals surface area contributed by atoms with Crippen LogP contribution in [0.4, 0.5) is 11.1 Å². The number of nitrogens with zero attached hydrogens (tertiary/aromatic N) is 3. The summed E-state index contributed by atoms with van der Waals surface area (Å²) < 4.78 is 5.16. The van der Waals surface area contributed by atoms with E-state index in [1.54, 1.807) is 30.9 Å². The van der Waals surface area contributed by atoms with Crippen molar-refractivity contribution in [2.24, 2.45) is 0 Å². The van der Waals surface area contributed by atoms with Gasteiger partial charge in [0.1, 0.15) is 11.4 Å². The van der Waals surface area contributed by atoms with Gasteiger partial charge in [-0.05, 0) is 23.8 Å². The molecule has 3 aromatic rings. The molecule has 3 rings (SSSR count). The number of methoxy groups -OCH3 is 1. The molecular formula is C16H15N5O2S. The molecule has 2 aromatic heterocycles.